The predicted molar refractivity (Wildman–Crippen MR) is 57.8 cm³/mol. The third-order valence-electron chi connectivity index (χ3n) is 1.10. The molecule has 0 saturated heterocycles. The summed E-state index contributed by atoms with van der Waals surface area (Å²) in [5.74, 6) is -0.891. The first-order chi connectivity index (χ1) is 7.08. The Morgan fingerprint density at radius 3 is 2.27 bits per heavy atom. The van der Waals surface area contributed by atoms with Gasteiger partial charge in [-0.1, -0.05) is 13.0 Å². The molecule has 5 nitrogen and oxygen atoms in total. The number of alkyl carbamates (subject to hydrolysis) is 1. The minimum atomic E-state index is -0.891. The van der Waals surface area contributed by atoms with Crippen molar-refractivity contribution in [3.8, 4) is 0 Å². The molecule has 0 heterocycles. The first-order valence-electron chi connectivity index (χ1n) is 4.84. The van der Waals surface area contributed by atoms with Crippen molar-refractivity contribution in [3.63, 3.8) is 0 Å². The van der Waals surface area contributed by atoms with Gasteiger partial charge in [-0.05, 0) is 20.3 Å². The van der Waals surface area contributed by atoms with Crippen LogP contribution in [0, 0.1) is 0 Å². The van der Waals surface area contributed by atoms with Crippen LogP contribution < -0.4 is 5.32 Å². The number of carbonyl (C=O) groups is 2. The average molecular weight is 217 g/mol. The molecular formula is C10H19NO4. The Kier molecular flexibility index (Phi) is 13.3. The summed E-state index contributed by atoms with van der Waals surface area (Å²) in [6.07, 6.45) is 3.18. The first kappa shape index (κ1) is 15.9. The van der Waals surface area contributed by atoms with Gasteiger partial charge in [-0.25, -0.2) is 9.59 Å². The molecule has 0 unspecified atom stereocenters. The van der Waals surface area contributed by atoms with E-state index < -0.39 is 5.97 Å². The standard InChI is InChI=1S/C6H13NO2.C4H6O2/c1-3-5-7-6(8)9-4-2;1-2-3-4(5)6/h3-5H2,1-2H3,(H,7,8);2-3H,1H3,(H,5,6). The van der Waals surface area contributed by atoms with E-state index in [2.05, 4.69) is 10.1 Å². The zero-order valence-electron chi connectivity index (χ0n) is 9.45. The van der Waals surface area contributed by atoms with Crippen molar-refractivity contribution in [2.45, 2.75) is 27.2 Å². The van der Waals surface area contributed by atoms with E-state index in [0.717, 1.165) is 12.5 Å². The fourth-order valence-electron chi connectivity index (χ4n) is 0.552. The van der Waals surface area contributed by atoms with Gasteiger partial charge in [-0.15, -0.1) is 0 Å². The lowest BCUT2D eigenvalue weighted by Gasteiger charge is -2.01. The molecule has 0 spiro atoms. The fourth-order valence-corrected chi connectivity index (χ4v) is 0.552. The molecule has 0 fully saturated rings. The van der Waals surface area contributed by atoms with Crippen LogP contribution in [0.25, 0.3) is 0 Å². The average Bonchev–Trinajstić information content (AvgIpc) is 2.16. The number of hydrogen-bond donors (Lipinski definition) is 2. The van der Waals surface area contributed by atoms with Gasteiger partial charge in [0.15, 0.2) is 0 Å². The van der Waals surface area contributed by atoms with E-state index >= 15 is 0 Å². The van der Waals surface area contributed by atoms with Gasteiger partial charge in [0.25, 0.3) is 0 Å². The third-order valence-corrected chi connectivity index (χ3v) is 1.10. The minimum Gasteiger partial charge on any atom is -0.478 e. The molecule has 0 aliphatic heterocycles. The second-order valence-corrected chi connectivity index (χ2v) is 2.49. The Hall–Kier alpha value is -1.52. The number of allylic oxidation sites excluding steroid dienone is 1. The number of ether oxygens (including phenoxy) is 1. The number of amides is 1. The zero-order chi connectivity index (χ0) is 12.1. The van der Waals surface area contributed by atoms with E-state index in [9.17, 15) is 9.59 Å². The van der Waals surface area contributed by atoms with E-state index in [4.69, 9.17) is 5.11 Å². The second kappa shape index (κ2) is 12.5. The maximum absolute atomic E-state index is 10.5. The SMILES string of the molecule is CC=CC(=O)O.CCCNC(=O)OCC. The van der Waals surface area contributed by atoms with Crippen LogP contribution in [0.2, 0.25) is 0 Å². The highest BCUT2D eigenvalue weighted by Gasteiger charge is 1.94. The van der Waals surface area contributed by atoms with Crippen LogP contribution in [0.5, 0.6) is 0 Å². The monoisotopic (exact) mass is 217 g/mol. The van der Waals surface area contributed by atoms with Crippen molar-refractivity contribution >= 4 is 12.1 Å². The van der Waals surface area contributed by atoms with Crippen LogP contribution in [-0.4, -0.2) is 30.3 Å². The van der Waals surface area contributed by atoms with Crippen molar-refractivity contribution in [2.24, 2.45) is 0 Å². The van der Waals surface area contributed by atoms with Gasteiger partial charge in [0.2, 0.25) is 0 Å². The van der Waals surface area contributed by atoms with Crippen molar-refractivity contribution in [1.29, 1.82) is 0 Å². The third kappa shape index (κ3) is 19.1. The summed E-state index contributed by atoms with van der Waals surface area (Å²) in [5.41, 5.74) is 0. The van der Waals surface area contributed by atoms with E-state index in [1.807, 2.05) is 6.92 Å². The lowest BCUT2D eigenvalue weighted by atomic mass is 10.5. The van der Waals surface area contributed by atoms with E-state index in [1.165, 1.54) is 6.08 Å². The van der Waals surface area contributed by atoms with Crippen molar-refractivity contribution < 1.29 is 19.4 Å². The second-order valence-electron chi connectivity index (χ2n) is 2.49. The highest BCUT2D eigenvalue weighted by molar-refractivity contribution is 5.79. The molecule has 0 saturated carbocycles. The first-order valence-corrected chi connectivity index (χ1v) is 4.84. The number of carbonyl (C=O) groups excluding carboxylic acids is 1. The van der Waals surface area contributed by atoms with Crippen LogP contribution in [0.15, 0.2) is 12.2 Å². The van der Waals surface area contributed by atoms with Crippen LogP contribution in [0.3, 0.4) is 0 Å². The van der Waals surface area contributed by atoms with E-state index in [0.29, 0.717) is 13.2 Å². The normalized spacial score (nSPS) is 9.00. The predicted octanol–water partition coefficient (Wildman–Crippen LogP) is 1.79. The van der Waals surface area contributed by atoms with E-state index in [1.54, 1.807) is 13.8 Å². The zero-order valence-corrected chi connectivity index (χ0v) is 9.45. The fraction of sp³-hybridized carbons (Fsp3) is 0.600. The summed E-state index contributed by atoms with van der Waals surface area (Å²) in [5, 5.41) is 10.4. The van der Waals surface area contributed by atoms with Gasteiger partial charge in [-0.3, -0.25) is 0 Å². The molecule has 0 aromatic rings. The molecule has 0 aliphatic carbocycles. The van der Waals surface area contributed by atoms with E-state index in [-0.39, 0.29) is 6.09 Å². The lowest BCUT2D eigenvalue weighted by Crippen LogP contribution is -2.24. The molecule has 1 amide bonds. The van der Waals surface area contributed by atoms with Gasteiger partial charge in [-0.2, -0.15) is 0 Å². The molecule has 0 bridgehead atoms. The summed E-state index contributed by atoms with van der Waals surface area (Å²) < 4.78 is 4.59. The van der Waals surface area contributed by atoms with Crippen molar-refractivity contribution in [2.75, 3.05) is 13.2 Å². The molecule has 0 atom stereocenters. The summed E-state index contributed by atoms with van der Waals surface area (Å²) in [6, 6.07) is 0. The summed E-state index contributed by atoms with van der Waals surface area (Å²) in [4.78, 5) is 20.0. The Balaban J connectivity index is 0. The van der Waals surface area contributed by atoms with Crippen LogP contribution >= 0.6 is 0 Å². The molecule has 0 aromatic heterocycles. The highest BCUT2D eigenvalue weighted by Crippen LogP contribution is 1.76. The molecular weight excluding hydrogens is 198 g/mol. The number of rotatable bonds is 4. The van der Waals surface area contributed by atoms with Crippen molar-refractivity contribution in [1.82, 2.24) is 5.32 Å². The molecule has 0 rings (SSSR count). The topological polar surface area (TPSA) is 75.6 Å². The number of carboxylic acid groups (broad SMARTS) is 1. The number of hydrogen-bond acceptors (Lipinski definition) is 3. The van der Waals surface area contributed by atoms with Gasteiger partial charge < -0.3 is 15.2 Å². The molecule has 88 valence electrons. The van der Waals surface area contributed by atoms with Gasteiger partial charge in [0.1, 0.15) is 0 Å². The number of aliphatic carboxylic acids is 1. The summed E-state index contributed by atoms with van der Waals surface area (Å²) in [7, 11) is 0. The van der Waals surface area contributed by atoms with Crippen LogP contribution in [0.4, 0.5) is 4.79 Å². The Bertz CT molecular complexity index is 202. The Labute approximate surface area is 90.1 Å². The minimum absolute atomic E-state index is 0.320. The molecule has 0 aromatic carbocycles. The molecule has 0 aliphatic rings. The highest BCUT2D eigenvalue weighted by atomic mass is 16.5. The summed E-state index contributed by atoms with van der Waals surface area (Å²) in [6.45, 7) is 6.57. The van der Waals surface area contributed by atoms with Crippen molar-refractivity contribution in [3.05, 3.63) is 12.2 Å². The van der Waals surface area contributed by atoms with Gasteiger partial charge in [0, 0.05) is 12.6 Å². The molecule has 5 heteroatoms. The van der Waals surface area contributed by atoms with Gasteiger partial charge >= 0.3 is 12.1 Å². The smallest absolute Gasteiger partial charge is 0.407 e. The van der Waals surface area contributed by atoms with Crippen LogP contribution in [-0.2, 0) is 9.53 Å². The lowest BCUT2D eigenvalue weighted by molar-refractivity contribution is -0.131. The molecule has 2 N–H and O–H groups in total. The largest absolute Gasteiger partial charge is 0.478 e. The number of carboxylic acids is 1. The molecule has 15 heavy (non-hydrogen) atoms. The Morgan fingerprint density at radius 2 is 2.00 bits per heavy atom. The quantitative estimate of drug-likeness (QED) is 0.704. The van der Waals surface area contributed by atoms with Gasteiger partial charge in [0.05, 0.1) is 6.61 Å². The number of nitrogens with one attached hydrogen (secondary N) is 1. The Morgan fingerprint density at radius 1 is 1.40 bits per heavy atom. The summed E-state index contributed by atoms with van der Waals surface area (Å²) >= 11 is 0. The molecule has 0 radical (unpaired) electrons. The maximum atomic E-state index is 10.5. The van der Waals surface area contributed by atoms with Crippen LogP contribution in [0.1, 0.15) is 27.2 Å². The maximum Gasteiger partial charge on any atom is 0.407 e.